The van der Waals surface area contributed by atoms with E-state index in [4.69, 9.17) is 0 Å². The first-order chi connectivity index (χ1) is 9.74. The lowest BCUT2D eigenvalue weighted by atomic mass is 10.1. The summed E-state index contributed by atoms with van der Waals surface area (Å²) >= 11 is 0. The van der Waals surface area contributed by atoms with Crippen LogP contribution in [0.15, 0.2) is 18.3 Å². The molecule has 0 aromatic carbocycles. The molecule has 2 heterocycles. The quantitative estimate of drug-likeness (QED) is 0.917. The fraction of sp³-hybridized carbons (Fsp3) is 0.625. The summed E-state index contributed by atoms with van der Waals surface area (Å²) in [5.41, 5.74) is 1.30. The van der Waals surface area contributed by atoms with E-state index in [-0.39, 0.29) is 11.9 Å². The van der Waals surface area contributed by atoms with Gasteiger partial charge < -0.3 is 5.32 Å². The van der Waals surface area contributed by atoms with Crippen molar-refractivity contribution >= 4 is 11.7 Å². The number of pyridine rings is 1. The van der Waals surface area contributed by atoms with Crippen molar-refractivity contribution in [1.29, 1.82) is 0 Å². The topological polar surface area (TPSA) is 45.2 Å². The average molecular weight is 273 g/mol. The van der Waals surface area contributed by atoms with Gasteiger partial charge in [-0.15, -0.1) is 0 Å². The third kappa shape index (κ3) is 3.18. The van der Waals surface area contributed by atoms with Gasteiger partial charge in [-0.25, -0.2) is 4.98 Å². The van der Waals surface area contributed by atoms with Crippen molar-refractivity contribution in [1.82, 2.24) is 9.88 Å². The van der Waals surface area contributed by atoms with Crippen LogP contribution in [-0.4, -0.2) is 34.9 Å². The fourth-order valence-corrected chi connectivity index (χ4v) is 2.84. The standard InChI is InChI=1S/C16H23N3O/c1-12(19-9-3-2-4-10-19)16(20)18-15-8-7-14(11-17-15)13-5-6-13/h7-8,11-13H,2-6,9-10H2,1H3,(H,17,18,20). The number of anilines is 1. The maximum Gasteiger partial charge on any atom is 0.242 e. The Kier molecular flexibility index (Phi) is 4.01. The number of carbonyl (C=O) groups excluding carboxylic acids is 1. The lowest BCUT2D eigenvalue weighted by Gasteiger charge is -2.31. The van der Waals surface area contributed by atoms with E-state index in [9.17, 15) is 4.79 Å². The minimum atomic E-state index is -0.0693. The zero-order chi connectivity index (χ0) is 13.9. The molecule has 1 aliphatic heterocycles. The van der Waals surface area contributed by atoms with Crippen molar-refractivity contribution in [2.45, 2.75) is 51.0 Å². The molecule has 20 heavy (non-hydrogen) atoms. The van der Waals surface area contributed by atoms with E-state index in [2.05, 4.69) is 21.3 Å². The Balaban J connectivity index is 1.56. The Bertz CT molecular complexity index is 461. The molecule has 4 nitrogen and oxygen atoms in total. The van der Waals surface area contributed by atoms with Gasteiger partial charge in [-0.1, -0.05) is 12.5 Å². The molecule has 3 rings (SSSR count). The SMILES string of the molecule is CC(C(=O)Nc1ccc(C2CC2)cn1)N1CCCCC1. The van der Waals surface area contributed by atoms with Crippen LogP contribution in [0.2, 0.25) is 0 Å². The molecule has 1 aliphatic carbocycles. The number of nitrogens with one attached hydrogen (secondary N) is 1. The third-order valence-corrected chi connectivity index (χ3v) is 4.40. The number of nitrogens with zero attached hydrogens (tertiary/aromatic N) is 2. The van der Waals surface area contributed by atoms with Gasteiger partial charge >= 0.3 is 0 Å². The maximum absolute atomic E-state index is 12.3. The predicted octanol–water partition coefficient (Wildman–Crippen LogP) is 2.77. The molecule has 1 unspecified atom stereocenters. The summed E-state index contributed by atoms with van der Waals surface area (Å²) in [6.07, 6.45) is 8.14. The molecular formula is C16H23N3O. The second-order valence-electron chi connectivity index (χ2n) is 6.01. The Morgan fingerprint density at radius 3 is 2.65 bits per heavy atom. The van der Waals surface area contributed by atoms with Crippen LogP contribution in [0.1, 0.15) is 50.5 Å². The maximum atomic E-state index is 12.3. The normalized spacial score (nSPS) is 21.4. The molecule has 0 bridgehead atoms. The van der Waals surface area contributed by atoms with E-state index < -0.39 is 0 Å². The van der Waals surface area contributed by atoms with Gasteiger partial charge in [-0.2, -0.15) is 0 Å². The zero-order valence-corrected chi connectivity index (χ0v) is 12.1. The van der Waals surface area contributed by atoms with Crippen LogP contribution in [0.25, 0.3) is 0 Å². The average Bonchev–Trinajstić information content (AvgIpc) is 3.33. The molecule has 0 radical (unpaired) electrons. The number of likely N-dealkylation sites (tertiary alicyclic amines) is 1. The first kappa shape index (κ1) is 13.6. The van der Waals surface area contributed by atoms with Gasteiger partial charge in [0.05, 0.1) is 6.04 Å². The summed E-state index contributed by atoms with van der Waals surface area (Å²) < 4.78 is 0. The number of aromatic nitrogens is 1. The molecule has 0 spiro atoms. The third-order valence-electron chi connectivity index (χ3n) is 4.40. The second kappa shape index (κ2) is 5.92. The first-order valence-electron chi connectivity index (χ1n) is 7.75. The molecular weight excluding hydrogens is 250 g/mol. The van der Waals surface area contributed by atoms with E-state index in [1.54, 1.807) is 0 Å². The summed E-state index contributed by atoms with van der Waals surface area (Å²) in [5.74, 6) is 1.43. The Morgan fingerprint density at radius 2 is 2.05 bits per heavy atom. The molecule has 1 aromatic heterocycles. The van der Waals surface area contributed by atoms with Gasteiger partial charge in [0.2, 0.25) is 5.91 Å². The number of amides is 1. The highest BCUT2D eigenvalue weighted by atomic mass is 16.2. The van der Waals surface area contributed by atoms with E-state index in [0.717, 1.165) is 13.1 Å². The highest BCUT2D eigenvalue weighted by molar-refractivity contribution is 5.93. The van der Waals surface area contributed by atoms with Gasteiger partial charge in [0.25, 0.3) is 0 Å². The van der Waals surface area contributed by atoms with E-state index in [1.807, 2.05) is 19.2 Å². The number of piperidine rings is 1. The number of hydrogen-bond acceptors (Lipinski definition) is 3. The summed E-state index contributed by atoms with van der Waals surface area (Å²) in [7, 11) is 0. The van der Waals surface area contributed by atoms with Crippen LogP contribution in [0.3, 0.4) is 0 Å². The van der Waals surface area contributed by atoms with Crippen LogP contribution >= 0.6 is 0 Å². The minimum Gasteiger partial charge on any atom is -0.309 e. The first-order valence-corrected chi connectivity index (χ1v) is 7.75. The molecule has 1 atom stereocenters. The van der Waals surface area contributed by atoms with Crippen LogP contribution in [0.5, 0.6) is 0 Å². The highest BCUT2D eigenvalue weighted by Crippen LogP contribution is 2.39. The van der Waals surface area contributed by atoms with Gasteiger partial charge in [0.1, 0.15) is 5.82 Å². The summed E-state index contributed by atoms with van der Waals surface area (Å²) in [4.78, 5) is 18.9. The summed E-state index contributed by atoms with van der Waals surface area (Å²) in [6, 6.07) is 3.94. The molecule has 1 aromatic rings. The van der Waals surface area contributed by atoms with Gasteiger partial charge in [0.15, 0.2) is 0 Å². The molecule has 4 heteroatoms. The van der Waals surface area contributed by atoms with E-state index in [0.29, 0.717) is 11.7 Å². The van der Waals surface area contributed by atoms with Crippen LogP contribution in [0, 0.1) is 0 Å². The number of hydrogen-bond donors (Lipinski definition) is 1. The smallest absolute Gasteiger partial charge is 0.242 e. The lowest BCUT2D eigenvalue weighted by molar-refractivity contribution is -0.121. The molecule has 1 saturated carbocycles. The van der Waals surface area contributed by atoms with Gasteiger partial charge in [0, 0.05) is 6.20 Å². The fourth-order valence-electron chi connectivity index (χ4n) is 2.84. The molecule has 2 fully saturated rings. The largest absolute Gasteiger partial charge is 0.309 e. The number of rotatable bonds is 4. The summed E-state index contributed by atoms with van der Waals surface area (Å²) in [5, 5.41) is 2.93. The number of carbonyl (C=O) groups is 1. The van der Waals surface area contributed by atoms with Crippen molar-refractivity contribution in [2.75, 3.05) is 18.4 Å². The van der Waals surface area contributed by atoms with Gasteiger partial charge in [-0.05, 0) is 63.2 Å². The van der Waals surface area contributed by atoms with Crippen molar-refractivity contribution in [3.8, 4) is 0 Å². The van der Waals surface area contributed by atoms with Gasteiger partial charge in [-0.3, -0.25) is 9.69 Å². The predicted molar refractivity (Wildman–Crippen MR) is 79.7 cm³/mol. The van der Waals surface area contributed by atoms with Crippen molar-refractivity contribution in [3.63, 3.8) is 0 Å². The molecule has 1 amide bonds. The van der Waals surface area contributed by atoms with Crippen LogP contribution < -0.4 is 5.32 Å². The van der Waals surface area contributed by atoms with Crippen molar-refractivity contribution in [2.24, 2.45) is 0 Å². The highest BCUT2D eigenvalue weighted by Gasteiger charge is 2.25. The summed E-state index contributed by atoms with van der Waals surface area (Å²) in [6.45, 7) is 4.05. The molecule has 108 valence electrons. The van der Waals surface area contributed by atoms with Crippen LogP contribution in [0.4, 0.5) is 5.82 Å². The zero-order valence-electron chi connectivity index (χ0n) is 12.1. The Morgan fingerprint density at radius 1 is 1.30 bits per heavy atom. The molecule has 2 aliphatic rings. The monoisotopic (exact) mass is 273 g/mol. The Labute approximate surface area is 120 Å². The molecule has 1 N–H and O–H groups in total. The Hall–Kier alpha value is -1.42. The lowest BCUT2D eigenvalue weighted by Crippen LogP contribution is -2.44. The van der Waals surface area contributed by atoms with Crippen molar-refractivity contribution in [3.05, 3.63) is 23.9 Å². The molecule has 1 saturated heterocycles. The van der Waals surface area contributed by atoms with E-state index >= 15 is 0 Å². The van der Waals surface area contributed by atoms with E-state index in [1.165, 1.54) is 37.7 Å². The second-order valence-corrected chi connectivity index (χ2v) is 6.01. The van der Waals surface area contributed by atoms with Crippen LogP contribution in [-0.2, 0) is 4.79 Å². The minimum absolute atomic E-state index is 0.0542. The van der Waals surface area contributed by atoms with Crippen molar-refractivity contribution < 1.29 is 4.79 Å².